The second-order valence-corrected chi connectivity index (χ2v) is 7.94. The van der Waals surface area contributed by atoms with Crippen LogP contribution in [0.4, 0.5) is 0 Å². The first-order valence-electron chi connectivity index (χ1n) is 8.58. The summed E-state index contributed by atoms with van der Waals surface area (Å²) in [5.74, 6) is -0.167. The average Bonchev–Trinajstić information content (AvgIpc) is 2.64. The number of amides is 2. The van der Waals surface area contributed by atoms with Gasteiger partial charge in [0, 0.05) is 9.13 Å². The van der Waals surface area contributed by atoms with Crippen LogP contribution in [0.15, 0.2) is 36.4 Å². The number of carbonyl (C=O) groups is 2. The lowest BCUT2D eigenvalue weighted by atomic mass is 10.1. The average molecular weight is 511 g/mol. The lowest BCUT2D eigenvalue weighted by Crippen LogP contribution is -2.51. The molecule has 0 bridgehead atoms. The van der Waals surface area contributed by atoms with Crippen molar-refractivity contribution in [3.63, 3.8) is 0 Å². The molecule has 148 valence electrons. The summed E-state index contributed by atoms with van der Waals surface area (Å²) in [5.41, 5.74) is 8.75. The molecular weight excluding hydrogens is 489 g/mol. The molecule has 0 spiro atoms. The number of rotatable bonds is 4. The Balaban J connectivity index is 1.83. The SMILES string of the molecule is Cc1ccc(OC(C)C(=O)NNC(=S)NC(=O)c2ccc(C)c(I)c2)cc1C. The van der Waals surface area contributed by atoms with E-state index >= 15 is 0 Å². The van der Waals surface area contributed by atoms with E-state index in [4.69, 9.17) is 17.0 Å². The Labute approximate surface area is 183 Å². The van der Waals surface area contributed by atoms with Gasteiger partial charge in [-0.05, 0) is 103 Å². The van der Waals surface area contributed by atoms with Gasteiger partial charge in [0.2, 0.25) is 0 Å². The van der Waals surface area contributed by atoms with E-state index in [1.165, 1.54) is 0 Å². The van der Waals surface area contributed by atoms with E-state index in [0.29, 0.717) is 11.3 Å². The molecule has 2 rings (SSSR count). The van der Waals surface area contributed by atoms with E-state index < -0.39 is 12.0 Å². The van der Waals surface area contributed by atoms with E-state index in [9.17, 15) is 9.59 Å². The van der Waals surface area contributed by atoms with Crippen LogP contribution in [0.25, 0.3) is 0 Å². The van der Waals surface area contributed by atoms with Crippen molar-refractivity contribution < 1.29 is 14.3 Å². The van der Waals surface area contributed by atoms with Gasteiger partial charge in [0.1, 0.15) is 5.75 Å². The number of halogens is 1. The van der Waals surface area contributed by atoms with Crippen molar-refractivity contribution >= 4 is 51.7 Å². The summed E-state index contributed by atoms with van der Waals surface area (Å²) in [6.07, 6.45) is -0.744. The van der Waals surface area contributed by atoms with E-state index in [1.54, 1.807) is 19.1 Å². The Hall–Kier alpha value is -2.20. The van der Waals surface area contributed by atoms with Crippen LogP contribution in [0.3, 0.4) is 0 Å². The lowest BCUT2D eigenvalue weighted by Gasteiger charge is -2.17. The minimum Gasteiger partial charge on any atom is -0.481 e. The van der Waals surface area contributed by atoms with Gasteiger partial charge in [-0.3, -0.25) is 25.8 Å². The maximum atomic E-state index is 12.2. The van der Waals surface area contributed by atoms with Gasteiger partial charge in [-0.1, -0.05) is 12.1 Å². The molecule has 1 atom stereocenters. The first-order valence-corrected chi connectivity index (χ1v) is 10.1. The van der Waals surface area contributed by atoms with Gasteiger partial charge in [0.25, 0.3) is 11.8 Å². The molecule has 0 aromatic heterocycles. The fourth-order valence-electron chi connectivity index (χ4n) is 2.21. The van der Waals surface area contributed by atoms with Crippen molar-refractivity contribution in [1.82, 2.24) is 16.2 Å². The van der Waals surface area contributed by atoms with E-state index in [2.05, 4.69) is 38.8 Å². The van der Waals surface area contributed by atoms with Crippen LogP contribution >= 0.6 is 34.8 Å². The highest BCUT2D eigenvalue weighted by Gasteiger charge is 2.16. The zero-order valence-electron chi connectivity index (χ0n) is 16.1. The minimum absolute atomic E-state index is 0.00712. The molecule has 0 aliphatic carbocycles. The molecule has 0 saturated heterocycles. The van der Waals surface area contributed by atoms with Gasteiger partial charge in [0.05, 0.1) is 0 Å². The normalized spacial score (nSPS) is 11.3. The Kier molecular flexibility index (Phi) is 7.76. The minimum atomic E-state index is -0.744. The number of carbonyl (C=O) groups excluding carboxylic acids is 2. The van der Waals surface area contributed by atoms with Crippen LogP contribution in [0.1, 0.15) is 34.0 Å². The van der Waals surface area contributed by atoms with Crippen molar-refractivity contribution in [3.05, 3.63) is 62.2 Å². The molecule has 0 aliphatic rings. The molecule has 0 fully saturated rings. The summed E-state index contributed by atoms with van der Waals surface area (Å²) in [6, 6.07) is 11.0. The predicted octanol–water partition coefficient (Wildman–Crippen LogP) is 3.32. The van der Waals surface area contributed by atoms with E-state index in [-0.39, 0.29) is 11.0 Å². The third-order valence-electron chi connectivity index (χ3n) is 4.12. The molecule has 2 aromatic rings. The Morgan fingerprint density at radius 1 is 1.00 bits per heavy atom. The molecule has 0 saturated carbocycles. The number of ether oxygens (including phenoxy) is 1. The van der Waals surface area contributed by atoms with Gasteiger partial charge < -0.3 is 4.74 Å². The van der Waals surface area contributed by atoms with Crippen LogP contribution in [-0.2, 0) is 4.79 Å². The van der Waals surface area contributed by atoms with Crippen LogP contribution < -0.4 is 20.9 Å². The van der Waals surface area contributed by atoms with Crippen molar-refractivity contribution in [1.29, 1.82) is 0 Å². The Morgan fingerprint density at radius 3 is 2.32 bits per heavy atom. The van der Waals surface area contributed by atoms with Crippen molar-refractivity contribution in [2.45, 2.75) is 33.8 Å². The van der Waals surface area contributed by atoms with Gasteiger partial charge in [0.15, 0.2) is 11.2 Å². The summed E-state index contributed by atoms with van der Waals surface area (Å²) >= 11 is 7.22. The summed E-state index contributed by atoms with van der Waals surface area (Å²) in [4.78, 5) is 24.4. The molecule has 2 aromatic carbocycles. The van der Waals surface area contributed by atoms with Crippen LogP contribution in [0.5, 0.6) is 5.75 Å². The standard InChI is InChI=1S/C20H22IN3O3S/c1-11-6-8-16(9-13(11)3)27-14(4)18(25)23-24-20(28)22-19(26)15-7-5-12(2)17(21)10-15/h5-10,14H,1-4H3,(H,23,25)(H2,22,24,26,28). The summed E-state index contributed by atoms with van der Waals surface area (Å²) < 4.78 is 6.62. The largest absolute Gasteiger partial charge is 0.481 e. The number of thiocarbonyl (C=S) groups is 1. The van der Waals surface area contributed by atoms with E-state index in [1.807, 2.05) is 45.0 Å². The highest BCUT2D eigenvalue weighted by atomic mass is 127. The number of benzene rings is 2. The highest BCUT2D eigenvalue weighted by Crippen LogP contribution is 2.17. The second-order valence-electron chi connectivity index (χ2n) is 6.37. The van der Waals surface area contributed by atoms with Crippen molar-refractivity contribution in [2.24, 2.45) is 0 Å². The fraction of sp³-hybridized carbons (Fsp3) is 0.250. The quantitative estimate of drug-likeness (QED) is 0.334. The molecule has 1 unspecified atom stereocenters. The number of hydrogen-bond acceptors (Lipinski definition) is 4. The monoisotopic (exact) mass is 511 g/mol. The molecule has 28 heavy (non-hydrogen) atoms. The van der Waals surface area contributed by atoms with Gasteiger partial charge >= 0.3 is 0 Å². The lowest BCUT2D eigenvalue weighted by molar-refractivity contribution is -0.127. The second kappa shape index (κ2) is 9.83. The van der Waals surface area contributed by atoms with Gasteiger partial charge in [-0.25, -0.2) is 0 Å². The molecule has 0 heterocycles. The topological polar surface area (TPSA) is 79.5 Å². The van der Waals surface area contributed by atoms with Gasteiger partial charge in [-0.15, -0.1) is 0 Å². The van der Waals surface area contributed by atoms with Crippen molar-refractivity contribution in [2.75, 3.05) is 0 Å². The molecule has 6 nitrogen and oxygen atoms in total. The number of hydrazine groups is 1. The molecule has 3 N–H and O–H groups in total. The summed E-state index contributed by atoms with van der Waals surface area (Å²) in [7, 11) is 0. The maximum absolute atomic E-state index is 12.2. The highest BCUT2D eigenvalue weighted by molar-refractivity contribution is 14.1. The van der Waals surface area contributed by atoms with E-state index in [0.717, 1.165) is 20.3 Å². The number of aryl methyl sites for hydroxylation is 3. The zero-order chi connectivity index (χ0) is 20.8. The third kappa shape index (κ3) is 6.16. The molecule has 8 heteroatoms. The zero-order valence-corrected chi connectivity index (χ0v) is 19.0. The predicted molar refractivity (Wildman–Crippen MR) is 121 cm³/mol. The number of hydrogen-bond donors (Lipinski definition) is 3. The van der Waals surface area contributed by atoms with Gasteiger partial charge in [-0.2, -0.15) is 0 Å². The first kappa shape index (κ1) is 22.1. The number of nitrogens with one attached hydrogen (secondary N) is 3. The first-order chi connectivity index (χ1) is 13.2. The van der Waals surface area contributed by atoms with Crippen LogP contribution in [-0.4, -0.2) is 23.0 Å². The van der Waals surface area contributed by atoms with Crippen molar-refractivity contribution in [3.8, 4) is 5.75 Å². The fourth-order valence-corrected chi connectivity index (χ4v) is 2.86. The Bertz CT molecular complexity index is 918. The summed E-state index contributed by atoms with van der Waals surface area (Å²) in [6.45, 7) is 7.57. The molecular formula is C20H22IN3O3S. The van der Waals surface area contributed by atoms with Crippen LogP contribution in [0, 0.1) is 24.3 Å². The molecule has 2 amide bonds. The molecule has 0 radical (unpaired) electrons. The Morgan fingerprint density at radius 2 is 1.68 bits per heavy atom. The smallest absolute Gasteiger partial charge is 0.279 e. The maximum Gasteiger partial charge on any atom is 0.279 e. The third-order valence-corrected chi connectivity index (χ3v) is 5.49. The van der Waals surface area contributed by atoms with Crippen LogP contribution in [0.2, 0.25) is 0 Å². The molecule has 0 aliphatic heterocycles. The summed E-state index contributed by atoms with van der Waals surface area (Å²) in [5, 5.41) is 2.52.